The van der Waals surface area contributed by atoms with Gasteiger partial charge in [-0.3, -0.25) is 4.99 Å². The molecule has 0 bridgehead atoms. The van der Waals surface area contributed by atoms with Crippen molar-refractivity contribution in [2.75, 3.05) is 32.1 Å². The van der Waals surface area contributed by atoms with Crippen molar-refractivity contribution in [2.45, 2.75) is 26.3 Å². The first-order valence-corrected chi connectivity index (χ1v) is 8.67. The number of unbranched alkanes of at least 4 members (excludes halogenated alkanes) is 1. The Morgan fingerprint density at radius 3 is 2.76 bits per heavy atom. The van der Waals surface area contributed by atoms with Crippen molar-refractivity contribution in [3.05, 3.63) is 24.0 Å². The Kier molecular flexibility index (Phi) is 12.0. The summed E-state index contributed by atoms with van der Waals surface area (Å²) in [4.78, 5) is 6.90. The fraction of sp³-hybridized carbons (Fsp3) is 0.667. The number of aliphatic imine (C=N–C) groups is 1. The lowest BCUT2D eigenvalue weighted by Crippen LogP contribution is -2.38. The van der Waals surface area contributed by atoms with E-state index in [-0.39, 0.29) is 24.0 Å². The second-order valence-corrected chi connectivity index (χ2v) is 5.89. The van der Waals surface area contributed by atoms with Gasteiger partial charge in [0.15, 0.2) is 5.96 Å². The third kappa shape index (κ3) is 7.99. The van der Waals surface area contributed by atoms with Crippen molar-refractivity contribution in [3.63, 3.8) is 0 Å². The minimum absolute atomic E-state index is 0. The highest BCUT2D eigenvalue weighted by Gasteiger charge is 2.07. The molecule has 0 fully saturated rings. The molecule has 122 valence electrons. The van der Waals surface area contributed by atoms with Gasteiger partial charge >= 0.3 is 0 Å². The van der Waals surface area contributed by atoms with E-state index in [0.717, 1.165) is 32.0 Å². The molecule has 0 spiro atoms. The maximum atomic E-state index is 4.71. The molecule has 6 heteroatoms. The monoisotopic (exact) mass is 424 g/mol. The van der Waals surface area contributed by atoms with E-state index in [0.29, 0.717) is 0 Å². The van der Waals surface area contributed by atoms with Crippen molar-refractivity contribution in [2.24, 2.45) is 12.0 Å². The smallest absolute Gasteiger partial charge is 0.194 e. The van der Waals surface area contributed by atoms with E-state index in [4.69, 9.17) is 4.99 Å². The van der Waals surface area contributed by atoms with Gasteiger partial charge in [0.2, 0.25) is 0 Å². The molecule has 1 aromatic heterocycles. The van der Waals surface area contributed by atoms with Crippen LogP contribution in [0.25, 0.3) is 0 Å². The van der Waals surface area contributed by atoms with Crippen LogP contribution in [0.15, 0.2) is 23.3 Å². The van der Waals surface area contributed by atoms with Gasteiger partial charge in [-0.15, -0.1) is 24.0 Å². The number of aryl methyl sites for hydroxylation is 1. The number of nitrogens with zero attached hydrogens (tertiary/aromatic N) is 3. The van der Waals surface area contributed by atoms with Gasteiger partial charge in [0.25, 0.3) is 0 Å². The molecule has 0 saturated heterocycles. The molecule has 1 aromatic rings. The van der Waals surface area contributed by atoms with E-state index in [1.807, 2.05) is 11.8 Å². The summed E-state index contributed by atoms with van der Waals surface area (Å²) in [5.74, 6) is 2.23. The first kappa shape index (κ1) is 20.6. The maximum absolute atomic E-state index is 4.71. The van der Waals surface area contributed by atoms with Gasteiger partial charge < -0.3 is 14.8 Å². The summed E-state index contributed by atoms with van der Waals surface area (Å²) in [6, 6.07) is 4.23. The highest BCUT2D eigenvalue weighted by molar-refractivity contribution is 14.0. The Hall–Kier alpha value is -0.370. The molecule has 0 aliphatic rings. The van der Waals surface area contributed by atoms with Crippen molar-refractivity contribution >= 4 is 41.7 Å². The summed E-state index contributed by atoms with van der Waals surface area (Å²) in [6.45, 7) is 4.79. The zero-order chi connectivity index (χ0) is 14.8. The molecule has 4 nitrogen and oxygen atoms in total. The fourth-order valence-corrected chi connectivity index (χ4v) is 2.48. The van der Waals surface area contributed by atoms with Crippen LogP contribution in [0.4, 0.5) is 0 Å². The summed E-state index contributed by atoms with van der Waals surface area (Å²) in [5.41, 5.74) is 1.29. The Morgan fingerprint density at radius 2 is 2.19 bits per heavy atom. The number of rotatable bonds is 8. The third-order valence-electron chi connectivity index (χ3n) is 3.17. The molecule has 0 atom stereocenters. The lowest BCUT2D eigenvalue weighted by Gasteiger charge is -2.22. The minimum atomic E-state index is 0. The number of thioether (sulfide) groups is 1. The maximum Gasteiger partial charge on any atom is 0.194 e. The van der Waals surface area contributed by atoms with E-state index in [9.17, 15) is 0 Å². The van der Waals surface area contributed by atoms with E-state index in [1.165, 1.54) is 17.9 Å². The zero-order valence-electron chi connectivity index (χ0n) is 13.6. The van der Waals surface area contributed by atoms with Crippen LogP contribution in [0.2, 0.25) is 0 Å². The minimum Gasteiger partial charge on any atom is -0.357 e. The molecule has 0 unspecified atom stereocenters. The van der Waals surface area contributed by atoms with Crippen LogP contribution in [0.1, 0.15) is 25.5 Å². The molecule has 1 rings (SSSR count). The second-order valence-electron chi connectivity index (χ2n) is 4.90. The van der Waals surface area contributed by atoms with Gasteiger partial charge in [-0.2, -0.15) is 11.8 Å². The molecule has 0 aliphatic heterocycles. The molecule has 1 N–H and O–H groups in total. The predicted molar refractivity (Wildman–Crippen MR) is 106 cm³/mol. The Bertz CT molecular complexity index is 406. The van der Waals surface area contributed by atoms with Crippen molar-refractivity contribution in [1.29, 1.82) is 0 Å². The summed E-state index contributed by atoms with van der Waals surface area (Å²) in [7, 11) is 4.17. The van der Waals surface area contributed by atoms with Crippen molar-refractivity contribution in [1.82, 2.24) is 14.8 Å². The van der Waals surface area contributed by atoms with Crippen LogP contribution in [-0.4, -0.2) is 47.6 Å². The Labute approximate surface area is 150 Å². The van der Waals surface area contributed by atoms with E-state index in [2.05, 4.69) is 60.4 Å². The molecular weight excluding hydrogens is 395 g/mol. The van der Waals surface area contributed by atoms with Gasteiger partial charge in [-0.1, -0.05) is 0 Å². The number of guanidine groups is 1. The van der Waals surface area contributed by atoms with Gasteiger partial charge in [0, 0.05) is 39.1 Å². The highest BCUT2D eigenvalue weighted by Crippen LogP contribution is 2.04. The van der Waals surface area contributed by atoms with Gasteiger partial charge in [0.05, 0.1) is 6.54 Å². The topological polar surface area (TPSA) is 32.6 Å². The average molecular weight is 424 g/mol. The first-order chi connectivity index (χ1) is 9.69. The molecule has 0 amide bonds. The molecule has 0 radical (unpaired) electrons. The Balaban J connectivity index is 0.00000400. The second kappa shape index (κ2) is 12.2. The molecule has 1 heterocycles. The summed E-state index contributed by atoms with van der Waals surface area (Å²) in [6.07, 6.45) is 6.63. The van der Waals surface area contributed by atoms with Crippen LogP contribution in [0.5, 0.6) is 0 Å². The lowest BCUT2D eigenvalue weighted by atomic mass is 10.3. The molecule has 21 heavy (non-hydrogen) atoms. The number of halogens is 1. The number of aromatic nitrogens is 1. The zero-order valence-corrected chi connectivity index (χ0v) is 16.8. The first-order valence-electron chi connectivity index (χ1n) is 7.27. The summed E-state index contributed by atoms with van der Waals surface area (Å²) < 4.78 is 2.15. The largest absolute Gasteiger partial charge is 0.357 e. The van der Waals surface area contributed by atoms with Crippen LogP contribution < -0.4 is 5.32 Å². The van der Waals surface area contributed by atoms with Gasteiger partial charge in [-0.25, -0.2) is 0 Å². The van der Waals surface area contributed by atoms with Crippen LogP contribution in [0.3, 0.4) is 0 Å². The quantitative estimate of drug-likeness (QED) is 0.301. The van der Waals surface area contributed by atoms with E-state index < -0.39 is 0 Å². The van der Waals surface area contributed by atoms with Crippen LogP contribution in [-0.2, 0) is 13.6 Å². The number of nitrogens with one attached hydrogen (secondary N) is 1. The molecule has 0 saturated carbocycles. The van der Waals surface area contributed by atoms with Crippen LogP contribution >= 0.6 is 35.7 Å². The standard InChI is InChI=1S/C15H28N4S.HI/c1-5-16-15(17-10-6-7-12-20-4)19(3)13-14-9-8-11-18(14)2;/h8-9,11H,5-7,10,12-13H2,1-4H3,(H,16,17);1H. The predicted octanol–water partition coefficient (Wildman–Crippen LogP) is 3.18. The van der Waals surface area contributed by atoms with Gasteiger partial charge in [0.1, 0.15) is 0 Å². The lowest BCUT2D eigenvalue weighted by molar-refractivity contribution is 0.461. The fourth-order valence-electron chi connectivity index (χ4n) is 1.99. The summed E-state index contributed by atoms with van der Waals surface area (Å²) in [5, 5.41) is 3.37. The normalized spacial score (nSPS) is 11.1. The Morgan fingerprint density at radius 1 is 1.43 bits per heavy atom. The molecule has 0 aliphatic carbocycles. The number of hydrogen-bond acceptors (Lipinski definition) is 2. The van der Waals surface area contributed by atoms with E-state index >= 15 is 0 Å². The van der Waals surface area contributed by atoms with Gasteiger partial charge in [-0.05, 0) is 43.9 Å². The summed E-state index contributed by atoms with van der Waals surface area (Å²) >= 11 is 1.90. The van der Waals surface area contributed by atoms with Crippen molar-refractivity contribution < 1.29 is 0 Å². The van der Waals surface area contributed by atoms with E-state index in [1.54, 1.807) is 0 Å². The van der Waals surface area contributed by atoms with Crippen molar-refractivity contribution in [3.8, 4) is 0 Å². The van der Waals surface area contributed by atoms with Crippen LogP contribution in [0, 0.1) is 0 Å². The highest BCUT2D eigenvalue weighted by atomic mass is 127. The third-order valence-corrected chi connectivity index (χ3v) is 3.86. The number of hydrogen-bond donors (Lipinski definition) is 1. The molecular formula is C15H29IN4S. The SMILES string of the molecule is CCNC(=NCCCCSC)N(C)Cc1cccn1C.I. The molecule has 0 aromatic carbocycles. The average Bonchev–Trinajstić information content (AvgIpc) is 2.83.